The van der Waals surface area contributed by atoms with Crippen LogP contribution in [-0.4, -0.2) is 38.0 Å². The highest BCUT2D eigenvalue weighted by Gasteiger charge is 2.30. The molecule has 0 spiro atoms. The summed E-state index contributed by atoms with van der Waals surface area (Å²) in [4.78, 5) is 5.90. The van der Waals surface area contributed by atoms with E-state index in [1.807, 2.05) is 11.0 Å². The quantitative estimate of drug-likeness (QED) is 0.806. The summed E-state index contributed by atoms with van der Waals surface area (Å²) >= 11 is 6.01. The Bertz CT molecular complexity index is 489. The van der Waals surface area contributed by atoms with E-state index in [-0.39, 0.29) is 5.25 Å². The molecular weight excluding hydrogens is 248 g/mol. The Morgan fingerprint density at radius 1 is 1.56 bits per heavy atom. The average Bonchev–Trinajstić information content (AvgIpc) is 2.66. The zero-order valence-electron chi connectivity index (χ0n) is 8.93. The third-order valence-corrected chi connectivity index (χ3v) is 4.73. The Labute approximate surface area is 100 Å². The molecule has 1 aliphatic rings. The number of halogens is 1. The third kappa shape index (κ3) is 2.30. The smallest absolute Gasteiger partial charge is 0.152 e. The fourth-order valence-electron chi connectivity index (χ4n) is 1.92. The maximum atomic E-state index is 11.4. The van der Waals surface area contributed by atoms with Crippen LogP contribution >= 0.6 is 11.6 Å². The molecule has 0 amide bonds. The summed E-state index contributed by atoms with van der Waals surface area (Å²) in [5, 5.41) is 0.286. The van der Waals surface area contributed by atoms with Gasteiger partial charge in [-0.15, -0.1) is 0 Å². The van der Waals surface area contributed by atoms with Crippen LogP contribution in [0.25, 0.3) is 0 Å². The second kappa shape index (κ2) is 4.22. The molecule has 0 aromatic carbocycles. The molecule has 1 saturated heterocycles. The molecule has 0 radical (unpaired) electrons. The normalized spacial score (nSPS) is 21.4. The van der Waals surface area contributed by atoms with Crippen LogP contribution in [0.1, 0.15) is 6.42 Å². The third-order valence-electron chi connectivity index (χ3n) is 2.84. The molecular formula is C10H13ClN2O2S. The predicted molar refractivity (Wildman–Crippen MR) is 64.7 cm³/mol. The van der Waals surface area contributed by atoms with E-state index in [4.69, 9.17) is 11.6 Å². The van der Waals surface area contributed by atoms with Gasteiger partial charge in [-0.1, -0.05) is 11.6 Å². The number of aromatic nitrogens is 1. The number of hydrogen-bond donors (Lipinski definition) is 0. The van der Waals surface area contributed by atoms with Crippen LogP contribution in [0.4, 0.5) is 5.69 Å². The van der Waals surface area contributed by atoms with E-state index in [2.05, 4.69) is 4.98 Å². The lowest BCUT2D eigenvalue weighted by atomic mass is 10.4. The van der Waals surface area contributed by atoms with Crippen LogP contribution in [0.15, 0.2) is 18.5 Å². The van der Waals surface area contributed by atoms with Crippen molar-refractivity contribution in [2.45, 2.75) is 11.7 Å². The van der Waals surface area contributed by atoms with E-state index in [9.17, 15) is 8.42 Å². The SMILES string of the molecule is CS(=O)(=O)C1CCN(c2ccncc2Cl)C1. The summed E-state index contributed by atoms with van der Waals surface area (Å²) in [6.07, 6.45) is 5.19. The molecule has 0 aliphatic carbocycles. The number of hydrogen-bond acceptors (Lipinski definition) is 4. The Hall–Kier alpha value is -0.810. The monoisotopic (exact) mass is 260 g/mol. The molecule has 0 saturated carbocycles. The minimum atomic E-state index is -2.96. The van der Waals surface area contributed by atoms with Gasteiger partial charge in [-0.2, -0.15) is 0 Å². The zero-order valence-corrected chi connectivity index (χ0v) is 10.5. The van der Waals surface area contributed by atoms with Gasteiger partial charge < -0.3 is 4.90 Å². The highest BCUT2D eigenvalue weighted by Crippen LogP contribution is 2.28. The summed E-state index contributed by atoms with van der Waals surface area (Å²) < 4.78 is 22.8. The summed E-state index contributed by atoms with van der Waals surface area (Å²) in [7, 11) is -2.96. The minimum absolute atomic E-state index is 0.281. The van der Waals surface area contributed by atoms with Gasteiger partial charge in [0.1, 0.15) is 0 Å². The van der Waals surface area contributed by atoms with Crippen LogP contribution in [0, 0.1) is 0 Å². The van der Waals surface area contributed by atoms with Gasteiger partial charge in [-0.3, -0.25) is 4.98 Å². The number of nitrogens with zero attached hydrogens (tertiary/aromatic N) is 2. The fourth-order valence-corrected chi connectivity index (χ4v) is 3.14. The van der Waals surface area contributed by atoms with E-state index in [1.165, 1.54) is 6.26 Å². The van der Waals surface area contributed by atoms with Gasteiger partial charge in [0.05, 0.1) is 16.0 Å². The fraction of sp³-hybridized carbons (Fsp3) is 0.500. The first-order valence-electron chi connectivity index (χ1n) is 5.02. The molecule has 6 heteroatoms. The maximum Gasteiger partial charge on any atom is 0.152 e. The van der Waals surface area contributed by atoms with Crippen LogP contribution < -0.4 is 4.90 Å². The predicted octanol–water partition coefficient (Wildman–Crippen LogP) is 1.36. The molecule has 1 fully saturated rings. The summed E-state index contributed by atoms with van der Waals surface area (Å²) in [6.45, 7) is 1.24. The summed E-state index contributed by atoms with van der Waals surface area (Å²) in [5.74, 6) is 0. The van der Waals surface area contributed by atoms with E-state index in [1.54, 1.807) is 12.4 Å². The lowest BCUT2D eigenvalue weighted by Crippen LogP contribution is -2.26. The van der Waals surface area contributed by atoms with Gasteiger partial charge in [-0.05, 0) is 12.5 Å². The number of sulfone groups is 1. The molecule has 1 aromatic heterocycles. The van der Waals surface area contributed by atoms with Crippen molar-refractivity contribution in [1.29, 1.82) is 0 Å². The van der Waals surface area contributed by atoms with Gasteiger partial charge in [0.15, 0.2) is 9.84 Å². The standard InChI is InChI=1S/C10H13ClN2O2S/c1-16(14,15)8-3-5-13(7-8)10-2-4-12-6-9(10)11/h2,4,6,8H,3,5,7H2,1H3. The largest absolute Gasteiger partial charge is 0.369 e. The Balaban J connectivity index is 2.19. The number of anilines is 1. The molecule has 1 aromatic rings. The lowest BCUT2D eigenvalue weighted by Gasteiger charge is -2.19. The first-order chi connectivity index (χ1) is 7.48. The minimum Gasteiger partial charge on any atom is -0.369 e. The van der Waals surface area contributed by atoms with Gasteiger partial charge in [-0.25, -0.2) is 8.42 Å². The Morgan fingerprint density at radius 2 is 2.31 bits per heavy atom. The van der Waals surface area contributed by atoms with Gasteiger partial charge in [0, 0.05) is 31.7 Å². The van der Waals surface area contributed by atoms with E-state index < -0.39 is 9.84 Å². The van der Waals surface area contributed by atoms with E-state index >= 15 is 0 Å². The highest BCUT2D eigenvalue weighted by molar-refractivity contribution is 7.91. The molecule has 4 nitrogen and oxygen atoms in total. The van der Waals surface area contributed by atoms with Crippen molar-refractivity contribution >= 4 is 27.1 Å². The topological polar surface area (TPSA) is 50.3 Å². The summed E-state index contributed by atoms with van der Waals surface area (Å²) in [6, 6.07) is 1.81. The van der Waals surface area contributed by atoms with Crippen molar-refractivity contribution in [2.75, 3.05) is 24.2 Å². The van der Waals surface area contributed by atoms with Crippen molar-refractivity contribution in [3.63, 3.8) is 0 Å². The van der Waals surface area contributed by atoms with Gasteiger partial charge >= 0.3 is 0 Å². The highest BCUT2D eigenvalue weighted by atomic mass is 35.5. The van der Waals surface area contributed by atoms with Crippen LogP contribution in [0.5, 0.6) is 0 Å². The lowest BCUT2D eigenvalue weighted by molar-refractivity contribution is 0.589. The molecule has 2 rings (SSSR count). The molecule has 1 atom stereocenters. The first-order valence-corrected chi connectivity index (χ1v) is 7.35. The van der Waals surface area contributed by atoms with E-state index in [0.717, 1.165) is 12.2 Å². The second-order valence-corrected chi connectivity index (χ2v) is 6.75. The second-order valence-electron chi connectivity index (χ2n) is 4.01. The molecule has 16 heavy (non-hydrogen) atoms. The summed E-state index contributed by atoms with van der Waals surface area (Å²) in [5.41, 5.74) is 0.864. The number of rotatable bonds is 2. The van der Waals surface area contributed by atoms with Crippen molar-refractivity contribution in [3.05, 3.63) is 23.5 Å². The molecule has 2 heterocycles. The van der Waals surface area contributed by atoms with Gasteiger partial charge in [0.25, 0.3) is 0 Å². The van der Waals surface area contributed by atoms with Crippen molar-refractivity contribution in [1.82, 2.24) is 4.98 Å². The molecule has 0 N–H and O–H groups in total. The number of pyridine rings is 1. The van der Waals surface area contributed by atoms with E-state index in [0.29, 0.717) is 18.0 Å². The van der Waals surface area contributed by atoms with Crippen LogP contribution in [0.2, 0.25) is 5.02 Å². The van der Waals surface area contributed by atoms with Gasteiger partial charge in [0.2, 0.25) is 0 Å². The first kappa shape index (κ1) is 11.7. The van der Waals surface area contributed by atoms with Crippen LogP contribution in [0.3, 0.4) is 0 Å². The molecule has 1 unspecified atom stereocenters. The Morgan fingerprint density at radius 3 is 2.88 bits per heavy atom. The van der Waals surface area contributed by atoms with Crippen molar-refractivity contribution in [3.8, 4) is 0 Å². The van der Waals surface area contributed by atoms with Crippen molar-refractivity contribution < 1.29 is 8.42 Å². The molecule has 0 bridgehead atoms. The average molecular weight is 261 g/mol. The molecule has 1 aliphatic heterocycles. The Kier molecular flexibility index (Phi) is 3.08. The zero-order chi connectivity index (χ0) is 11.8. The van der Waals surface area contributed by atoms with Crippen molar-refractivity contribution in [2.24, 2.45) is 0 Å². The van der Waals surface area contributed by atoms with Crippen LogP contribution in [-0.2, 0) is 9.84 Å². The molecule has 88 valence electrons. The maximum absolute atomic E-state index is 11.4.